The zero-order chi connectivity index (χ0) is 9.30. The van der Waals surface area contributed by atoms with Gasteiger partial charge < -0.3 is 5.73 Å². The molecule has 0 spiro atoms. The molecule has 2 nitrogen and oxygen atoms in total. The predicted molar refractivity (Wildman–Crippen MR) is 52.7 cm³/mol. The SMILES string of the molecule is Cc1cc(C#N)c(C)c(Br)c1N. The van der Waals surface area contributed by atoms with E-state index in [9.17, 15) is 0 Å². The summed E-state index contributed by atoms with van der Waals surface area (Å²) in [6, 6.07) is 3.92. The van der Waals surface area contributed by atoms with Crippen LogP contribution in [0.2, 0.25) is 0 Å². The summed E-state index contributed by atoms with van der Waals surface area (Å²) >= 11 is 3.35. The van der Waals surface area contributed by atoms with Crippen LogP contribution in [0.15, 0.2) is 10.5 Å². The lowest BCUT2D eigenvalue weighted by Gasteiger charge is -2.07. The Bertz CT molecular complexity index is 364. The van der Waals surface area contributed by atoms with Gasteiger partial charge in [-0.1, -0.05) is 0 Å². The van der Waals surface area contributed by atoms with Crippen molar-refractivity contribution in [2.45, 2.75) is 13.8 Å². The Morgan fingerprint density at radius 1 is 1.50 bits per heavy atom. The van der Waals surface area contributed by atoms with Gasteiger partial charge in [0, 0.05) is 10.2 Å². The second kappa shape index (κ2) is 3.16. The molecule has 0 fully saturated rings. The van der Waals surface area contributed by atoms with E-state index in [1.807, 2.05) is 13.8 Å². The number of benzene rings is 1. The second-order valence-corrected chi connectivity index (χ2v) is 3.50. The molecule has 0 unspecified atom stereocenters. The maximum Gasteiger partial charge on any atom is 0.0994 e. The van der Waals surface area contributed by atoms with Gasteiger partial charge in [-0.3, -0.25) is 0 Å². The molecule has 2 N–H and O–H groups in total. The zero-order valence-electron chi connectivity index (χ0n) is 6.98. The van der Waals surface area contributed by atoms with Gasteiger partial charge in [0.2, 0.25) is 0 Å². The zero-order valence-corrected chi connectivity index (χ0v) is 8.57. The van der Waals surface area contributed by atoms with Crippen molar-refractivity contribution in [2.75, 3.05) is 5.73 Å². The van der Waals surface area contributed by atoms with Gasteiger partial charge in [-0.2, -0.15) is 5.26 Å². The van der Waals surface area contributed by atoms with E-state index in [0.717, 1.165) is 15.6 Å². The molecule has 1 rings (SSSR count). The number of anilines is 1. The molecule has 0 aliphatic rings. The Morgan fingerprint density at radius 2 is 2.08 bits per heavy atom. The molecule has 0 amide bonds. The molecule has 0 heterocycles. The fraction of sp³-hybridized carbons (Fsp3) is 0.222. The normalized spacial score (nSPS) is 9.50. The molecule has 0 saturated heterocycles. The third-order valence-electron chi connectivity index (χ3n) is 1.88. The minimum absolute atomic E-state index is 0.675. The highest BCUT2D eigenvalue weighted by Crippen LogP contribution is 2.29. The Kier molecular flexibility index (Phi) is 2.39. The number of nitrogens with zero attached hydrogens (tertiary/aromatic N) is 1. The van der Waals surface area contributed by atoms with Crippen LogP contribution in [0.25, 0.3) is 0 Å². The summed E-state index contributed by atoms with van der Waals surface area (Å²) in [7, 11) is 0. The lowest BCUT2D eigenvalue weighted by Crippen LogP contribution is -1.95. The summed E-state index contributed by atoms with van der Waals surface area (Å²) in [5, 5.41) is 8.75. The molecule has 3 heteroatoms. The molecule has 0 bridgehead atoms. The van der Waals surface area contributed by atoms with Crippen molar-refractivity contribution in [3.05, 3.63) is 27.2 Å². The molecule has 0 atom stereocenters. The lowest BCUT2D eigenvalue weighted by molar-refractivity contribution is 1.32. The molecule has 1 aromatic carbocycles. The van der Waals surface area contributed by atoms with Crippen molar-refractivity contribution in [1.82, 2.24) is 0 Å². The largest absolute Gasteiger partial charge is 0.398 e. The van der Waals surface area contributed by atoms with Gasteiger partial charge in [0.05, 0.1) is 11.6 Å². The van der Waals surface area contributed by atoms with E-state index in [2.05, 4.69) is 22.0 Å². The van der Waals surface area contributed by atoms with E-state index in [4.69, 9.17) is 11.0 Å². The number of nitriles is 1. The average Bonchev–Trinajstić information content (AvgIpc) is 2.08. The van der Waals surface area contributed by atoms with Crippen LogP contribution in [0, 0.1) is 25.2 Å². The van der Waals surface area contributed by atoms with E-state index >= 15 is 0 Å². The molecule has 62 valence electrons. The Balaban J connectivity index is 3.52. The van der Waals surface area contributed by atoms with Crippen molar-refractivity contribution in [3.63, 3.8) is 0 Å². The summed E-state index contributed by atoms with van der Waals surface area (Å²) in [4.78, 5) is 0. The summed E-state index contributed by atoms with van der Waals surface area (Å²) in [5.74, 6) is 0. The second-order valence-electron chi connectivity index (χ2n) is 2.71. The smallest absolute Gasteiger partial charge is 0.0994 e. The minimum Gasteiger partial charge on any atom is -0.398 e. The van der Waals surface area contributed by atoms with Crippen LogP contribution in [0.3, 0.4) is 0 Å². The van der Waals surface area contributed by atoms with E-state index < -0.39 is 0 Å². The number of aryl methyl sites for hydroxylation is 1. The first-order valence-electron chi connectivity index (χ1n) is 3.53. The maximum absolute atomic E-state index is 8.75. The minimum atomic E-state index is 0.675. The van der Waals surface area contributed by atoms with Gasteiger partial charge in [0.1, 0.15) is 0 Å². The Morgan fingerprint density at radius 3 is 2.58 bits per heavy atom. The van der Waals surface area contributed by atoms with Crippen molar-refractivity contribution < 1.29 is 0 Å². The predicted octanol–water partition coefficient (Wildman–Crippen LogP) is 2.52. The molecule has 0 saturated carbocycles. The molecular weight excluding hydrogens is 216 g/mol. The van der Waals surface area contributed by atoms with Crippen LogP contribution in [-0.4, -0.2) is 0 Å². The van der Waals surface area contributed by atoms with Crippen LogP contribution in [-0.2, 0) is 0 Å². The third kappa shape index (κ3) is 1.30. The first-order chi connectivity index (χ1) is 5.57. The van der Waals surface area contributed by atoms with E-state index in [0.29, 0.717) is 11.3 Å². The molecule has 0 aliphatic heterocycles. The van der Waals surface area contributed by atoms with Crippen molar-refractivity contribution in [1.29, 1.82) is 5.26 Å². The fourth-order valence-electron chi connectivity index (χ4n) is 1.01. The highest BCUT2D eigenvalue weighted by molar-refractivity contribution is 9.10. The summed E-state index contributed by atoms with van der Waals surface area (Å²) in [6.07, 6.45) is 0. The topological polar surface area (TPSA) is 49.8 Å². The quantitative estimate of drug-likeness (QED) is 0.689. The van der Waals surface area contributed by atoms with Crippen LogP contribution >= 0.6 is 15.9 Å². The molecule has 0 radical (unpaired) electrons. The molecule has 0 aliphatic carbocycles. The molecule has 1 aromatic rings. The summed E-state index contributed by atoms with van der Waals surface area (Å²) in [5.41, 5.74) is 8.98. The van der Waals surface area contributed by atoms with Crippen molar-refractivity contribution >= 4 is 21.6 Å². The highest BCUT2D eigenvalue weighted by Gasteiger charge is 2.07. The van der Waals surface area contributed by atoms with Crippen LogP contribution in [0.1, 0.15) is 16.7 Å². The standard InChI is InChI=1S/C9H9BrN2/c1-5-3-7(4-11)6(2)8(10)9(5)12/h3H,12H2,1-2H3. The summed E-state index contributed by atoms with van der Waals surface area (Å²) < 4.78 is 0.832. The number of hydrogen-bond acceptors (Lipinski definition) is 2. The average molecular weight is 225 g/mol. The van der Waals surface area contributed by atoms with E-state index in [-0.39, 0.29) is 0 Å². The summed E-state index contributed by atoms with van der Waals surface area (Å²) in [6.45, 7) is 3.76. The van der Waals surface area contributed by atoms with Crippen molar-refractivity contribution in [2.24, 2.45) is 0 Å². The van der Waals surface area contributed by atoms with Crippen molar-refractivity contribution in [3.8, 4) is 6.07 Å². The Hall–Kier alpha value is -1.01. The van der Waals surface area contributed by atoms with Gasteiger partial charge in [-0.05, 0) is 47.0 Å². The fourth-order valence-corrected chi connectivity index (χ4v) is 1.54. The number of rotatable bonds is 0. The lowest BCUT2D eigenvalue weighted by atomic mass is 10.1. The van der Waals surface area contributed by atoms with Crippen LogP contribution in [0.5, 0.6) is 0 Å². The molecule has 12 heavy (non-hydrogen) atoms. The van der Waals surface area contributed by atoms with Gasteiger partial charge in [-0.25, -0.2) is 0 Å². The number of halogens is 1. The Labute approximate surface area is 80.1 Å². The monoisotopic (exact) mass is 224 g/mol. The van der Waals surface area contributed by atoms with Crippen LogP contribution in [0.4, 0.5) is 5.69 Å². The van der Waals surface area contributed by atoms with Gasteiger partial charge in [-0.15, -0.1) is 0 Å². The van der Waals surface area contributed by atoms with Gasteiger partial charge >= 0.3 is 0 Å². The molecule has 0 aromatic heterocycles. The number of nitrogens with two attached hydrogens (primary N) is 1. The first kappa shape index (κ1) is 9.08. The van der Waals surface area contributed by atoms with E-state index in [1.54, 1.807) is 6.07 Å². The van der Waals surface area contributed by atoms with E-state index in [1.165, 1.54) is 0 Å². The molecular formula is C9H9BrN2. The number of nitrogen functional groups attached to an aromatic ring is 1. The first-order valence-corrected chi connectivity index (χ1v) is 4.32. The maximum atomic E-state index is 8.75. The number of hydrogen-bond donors (Lipinski definition) is 1. The van der Waals surface area contributed by atoms with Crippen LogP contribution < -0.4 is 5.73 Å². The third-order valence-corrected chi connectivity index (χ3v) is 2.90. The highest BCUT2D eigenvalue weighted by atomic mass is 79.9. The van der Waals surface area contributed by atoms with Gasteiger partial charge in [0.25, 0.3) is 0 Å². The van der Waals surface area contributed by atoms with Gasteiger partial charge in [0.15, 0.2) is 0 Å².